The number of hydrogen-bond donors (Lipinski definition) is 0. The van der Waals surface area contributed by atoms with Gasteiger partial charge in [-0.3, -0.25) is 0 Å². The molecule has 0 aromatic heterocycles. The first-order valence-corrected chi connectivity index (χ1v) is 5.06. The number of unbranched alkanes of at least 4 members (excludes halogenated alkanes) is 1. The molecule has 0 N–H and O–H groups in total. The molecular weight excluding hydrogens is 144 g/mol. The SMILES string of the molecule is [CH2]C(C)(C)CCCCC(C)(C)C. The van der Waals surface area contributed by atoms with Crippen LogP contribution in [0.1, 0.15) is 60.3 Å². The van der Waals surface area contributed by atoms with Crippen LogP contribution in [-0.2, 0) is 0 Å². The third kappa shape index (κ3) is 10.0. The van der Waals surface area contributed by atoms with Crippen molar-refractivity contribution in [3.05, 3.63) is 6.92 Å². The van der Waals surface area contributed by atoms with Crippen molar-refractivity contribution < 1.29 is 0 Å². The molecule has 73 valence electrons. The minimum absolute atomic E-state index is 0.276. The van der Waals surface area contributed by atoms with Gasteiger partial charge in [-0.2, -0.15) is 0 Å². The summed E-state index contributed by atoms with van der Waals surface area (Å²) in [6.45, 7) is 15.5. The molecule has 0 atom stereocenters. The van der Waals surface area contributed by atoms with E-state index in [2.05, 4.69) is 41.5 Å². The summed E-state index contributed by atoms with van der Waals surface area (Å²) in [4.78, 5) is 0. The summed E-state index contributed by atoms with van der Waals surface area (Å²) in [5.41, 5.74) is 0.781. The monoisotopic (exact) mass is 169 g/mol. The Labute approximate surface area is 78.8 Å². The Balaban J connectivity index is 3.35. The van der Waals surface area contributed by atoms with Crippen LogP contribution in [0, 0.1) is 17.8 Å². The largest absolute Gasteiger partial charge is 0.0602 e. The summed E-state index contributed by atoms with van der Waals surface area (Å²) in [6.07, 6.45) is 5.27. The Bertz CT molecular complexity index is 93.0. The van der Waals surface area contributed by atoms with Gasteiger partial charge in [0.15, 0.2) is 0 Å². The third-order valence-corrected chi connectivity index (χ3v) is 2.03. The molecule has 1 radical (unpaired) electrons. The van der Waals surface area contributed by atoms with Crippen LogP contribution in [0.25, 0.3) is 0 Å². The Kier molecular flexibility index (Phi) is 4.30. The highest BCUT2D eigenvalue weighted by molar-refractivity contribution is 4.71. The van der Waals surface area contributed by atoms with E-state index < -0.39 is 0 Å². The van der Waals surface area contributed by atoms with Crippen LogP contribution in [-0.4, -0.2) is 0 Å². The maximum atomic E-state index is 4.10. The Morgan fingerprint density at radius 2 is 1.25 bits per heavy atom. The molecule has 0 aromatic rings. The van der Waals surface area contributed by atoms with Gasteiger partial charge in [-0.1, -0.05) is 47.5 Å². The minimum Gasteiger partial charge on any atom is -0.0602 e. The molecule has 0 aliphatic rings. The molecule has 0 amide bonds. The fourth-order valence-corrected chi connectivity index (χ4v) is 1.26. The van der Waals surface area contributed by atoms with Crippen molar-refractivity contribution >= 4 is 0 Å². The second-order valence-electron chi connectivity index (χ2n) is 5.93. The average molecular weight is 169 g/mol. The van der Waals surface area contributed by atoms with Crippen LogP contribution in [0.2, 0.25) is 0 Å². The first-order valence-electron chi connectivity index (χ1n) is 5.06. The lowest BCUT2D eigenvalue weighted by Crippen LogP contribution is -2.07. The van der Waals surface area contributed by atoms with Crippen LogP contribution in [0.5, 0.6) is 0 Å². The van der Waals surface area contributed by atoms with Gasteiger partial charge in [0.25, 0.3) is 0 Å². The van der Waals surface area contributed by atoms with Gasteiger partial charge in [-0.15, -0.1) is 0 Å². The van der Waals surface area contributed by atoms with Crippen molar-refractivity contribution in [2.45, 2.75) is 60.3 Å². The Morgan fingerprint density at radius 3 is 1.58 bits per heavy atom. The molecule has 0 bridgehead atoms. The van der Waals surface area contributed by atoms with E-state index in [4.69, 9.17) is 0 Å². The summed E-state index contributed by atoms with van der Waals surface area (Å²) in [6, 6.07) is 0. The number of rotatable bonds is 4. The predicted molar refractivity (Wildman–Crippen MR) is 57.1 cm³/mol. The highest BCUT2D eigenvalue weighted by Gasteiger charge is 2.12. The summed E-state index contributed by atoms with van der Waals surface area (Å²) in [7, 11) is 0. The topological polar surface area (TPSA) is 0 Å². The molecule has 0 aromatic carbocycles. The fourth-order valence-electron chi connectivity index (χ4n) is 1.26. The zero-order chi connectivity index (χ0) is 9.83. The molecule has 0 spiro atoms. The standard InChI is InChI=1S/C12H25/c1-11(2,3)9-7-8-10-12(4,5)6/h1,7-10H2,2-6H3. The molecule has 0 fully saturated rings. The minimum atomic E-state index is 0.276. The van der Waals surface area contributed by atoms with Gasteiger partial charge in [0.05, 0.1) is 0 Å². The lowest BCUT2D eigenvalue weighted by Gasteiger charge is -2.21. The zero-order valence-corrected chi connectivity index (χ0v) is 9.54. The van der Waals surface area contributed by atoms with Gasteiger partial charge in [0.1, 0.15) is 0 Å². The maximum absolute atomic E-state index is 4.10. The first-order chi connectivity index (χ1) is 5.21. The van der Waals surface area contributed by atoms with Crippen molar-refractivity contribution in [3.8, 4) is 0 Å². The lowest BCUT2D eigenvalue weighted by atomic mass is 9.85. The van der Waals surface area contributed by atoms with Crippen molar-refractivity contribution in [2.24, 2.45) is 10.8 Å². The number of hydrogen-bond acceptors (Lipinski definition) is 0. The summed E-state index contributed by atoms with van der Waals surface area (Å²) in [5.74, 6) is 0. The van der Waals surface area contributed by atoms with Gasteiger partial charge in [0.2, 0.25) is 0 Å². The van der Waals surface area contributed by atoms with Gasteiger partial charge >= 0.3 is 0 Å². The summed E-state index contributed by atoms with van der Waals surface area (Å²) in [5, 5.41) is 0. The Morgan fingerprint density at radius 1 is 0.833 bits per heavy atom. The van der Waals surface area contributed by atoms with Crippen molar-refractivity contribution in [1.82, 2.24) is 0 Å². The van der Waals surface area contributed by atoms with Gasteiger partial charge < -0.3 is 0 Å². The predicted octanol–water partition coefficient (Wildman–Crippen LogP) is 4.45. The molecule has 0 saturated heterocycles. The van der Waals surface area contributed by atoms with Crippen LogP contribution >= 0.6 is 0 Å². The van der Waals surface area contributed by atoms with Crippen molar-refractivity contribution in [2.75, 3.05) is 0 Å². The highest BCUT2D eigenvalue weighted by atomic mass is 14.2. The van der Waals surface area contributed by atoms with E-state index in [1.807, 2.05) is 0 Å². The van der Waals surface area contributed by atoms with Gasteiger partial charge in [-0.25, -0.2) is 0 Å². The van der Waals surface area contributed by atoms with E-state index in [9.17, 15) is 0 Å². The molecule has 12 heavy (non-hydrogen) atoms. The highest BCUT2D eigenvalue weighted by Crippen LogP contribution is 2.26. The molecule has 0 rings (SSSR count). The van der Waals surface area contributed by atoms with Crippen LogP contribution in [0.3, 0.4) is 0 Å². The van der Waals surface area contributed by atoms with Gasteiger partial charge in [-0.05, 0) is 30.6 Å². The zero-order valence-electron chi connectivity index (χ0n) is 9.54. The van der Waals surface area contributed by atoms with E-state index in [1.165, 1.54) is 25.7 Å². The molecule has 0 aliphatic heterocycles. The summed E-state index contributed by atoms with van der Waals surface area (Å²) < 4.78 is 0. The van der Waals surface area contributed by atoms with Gasteiger partial charge in [0, 0.05) is 0 Å². The summed E-state index contributed by atoms with van der Waals surface area (Å²) >= 11 is 0. The average Bonchev–Trinajstić information content (AvgIpc) is 1.76. The molecule has 0 saturated carbocycles. The lowest BCUT2D eigenvalue weighted by molar-refractivity contribution is 0.335. The molecule has 0 nitrogen and oxygen atoms in total. The van der Waals surface area contributed by atoms with Crippen molar-refractivity contribution in [1.29, 1.82) is 0 Å². The smallest absolute Gasteiger partial charge is 0.0354 e. The third-order valence-electron chi connectivity index (χ3n) is 2.03. The van der Waals surface area contributed by atoms with E-state index >= 15 is 0 Å². The normalized spacial score (nSPS) is 13.5. The second kappa shape index (κ2) is 4.30. The molecule has 0 heterocycles. The van der Waals surface area contributed by atoms with E-state index in [0.29, 0.717) is 5.41 Å². The molecule has 0 aliphatic carbocycles. The molecular formula is C12H25. The van der Waals surface area contributed by atoms with E-state index in [-0.39, 0.29) is 5.41 Å². The van der Waals surface area contributed by atoms with Crippen LogP contribution in [0.4, 0.5) is 0 Å². The quantitative estimate of drug-likeness (QED) is 0.545. The second-order valence-corrected chi connectivity index (χ2v) is 5.93. The molecule has 0 unspecified atom stereocenters. The fraction of sp³-hybridized carbons (Fsp3) is 0.917. The van der Waals surface area contributed by atoms with E-state index in [0.717, 1.165) is 0 Å². The van der Waals surface area contributed by atoms with Crippen LogP contribution in [0.15, 0.2) is 0 Å². The van der Waals surface area contributed by atoms with Crippen LogP contribution < -0.4 is 0 Å². The molecule has 0 heteroatoms. The van der Waals surface area contributed by atoms with E-state index in [1.54, 1.807) is 0 Å². The Hall–Kier alpha value is 0. The maximum Gasteiger partial charge on any atom is -0.0354 e. The van der Waals surface area contributed by atoms with Crippen molar-refractivity contribution in [3.63, 3.8) is 0 Å². The first kappa shape index (κ1) is 12.0.